The highest BCUT2D eigenvalue weighted by molar-refractivity contribution is 6.00. The number of hydrogen-bond donors (Lipinski definition) is 3. The molecule has 0 spiro atoms. The van der Waals surface area contributed by atoms with Crippen LogP contribution in [0.1, 0.15) is 27.2 Å². The zero-order chi connectivity index (χ0) is 24.3. The fourth-order valence-electron chi connectivity index (χ4n) is 3.55. The number of nitrogens with one attached hydrogen (secondary N) is 2. The van der Waals surface area contributed by atoms with Gasteiger partial charge in [0.05, 0.1) is 17.5 Å². The number of aryl methyl sites for hydroxylation is 2. The third-order valence-corrected chi connectivity index (χ3v) is 5.08. The number of nitrogens with two attached hydrogens (primary N) is 1. The van der Waals surface area contributed by atoms with Gasteiger partial charge in [0, 0.05) is 29.6 Å². The van der Waals surface area contributed by atoms with E-state index in [0.717, 1.165) is 18.2 Å². The maximum absolute atomic E-state index is 14.5. The van der Waals surface area contributed by atoms with Gasteiger partial charge in [-0.1, -0.05) is 12.1 Å². The topological polar surface area (TPSA) is 110 Å². The molecule has 2 aromatic carbocycles. The molecule has 4 N–H and O–H groups in total. The van der Waals surface area contributed by atoms with Gasteiger partial charge in [0.15, 0.2) is 0 Å². The number of primary amides is 1. The summed E-state index contributed by atoms with van der Waals surface area (Å²) in [7, 11) is 0. The van der Waals surface area contributed by atoms with Crippen molar-refractivity contribution in [2.24, 2.45) is 5.73 Å². The van der Waals surface area contributed by atoms with Gasteiger partial charge in [-0.25, -0.2) is 9.37 Å². The first-order valence-electron chi connectivity index (χ1n) is 10.1. The van der Waals surface area contributed by atoms with E-state index >= 15 is 0 Å². The van der Waals surface area contributed by atoms with E-state index in [9.17, 15) is 22.4 Å². The smallest absolute Gasteiger partial charge is 0.366 e. The van der Waals surface area contributed by atoms with Crippen molar-refractivity contribution in [1.29, 1.82) is 0 Å². The third kappa shape index (κ3) is 5.03. The lowest BCUT2D eigenvalue weighted by Gasteiger charge is -2.17. The van der Waals surface area contributed by atoms with Crippen molar-refractivity contribution in [3.8, 4) is 11.1 Å². The predicted octanol–water partition coefficient (Wildman–Crippen LogP) is 4.65. The Morgan fingerprint density at radius 3 is 2.62 bits per heavy atom. The normalized spacial score (nSPS) is 11.4. The molecule has 0 unspecified atom stereocenters. The highest BCUT2D eigenvalue weighted by Crippen LogP contribution is 2.39. The number of anilines is 2. The fourth-order valence-corrected chi connectivity index (χ4v) is 3.55. The first-order valence-corrected chi connectivity index (χ1v) is 10.1. The molecular formula is C23H18F4N6O. The van der Waals surface area contributed by atoms with Crippen LogP contribution in [0.15, 0.2) is 61.1 Å². The molecule has 0 aliphatic carbocycles. The van der Waals surface area contributed by atoms with Crippen molar-refractivity contribution in [3.05, 3.63) is 89.3 Å². The van der Waals surface area contributed by atoms with Gasteiger partial charge in [0.1, 0.15) is 17.5 Å². The van der Waals surface area contributed by atoms with Gasteiger partial charge in [-0.05, 0) is 48.2 Å². The van der Waals surface area contributed by atoms with Crippen LogP contribution in [0.25, 0.3) is 11.1 Å². The lowest BCUT2D eigenvalue weighted by molar-refractivity contribution is -0.137. The number of benzene rings is 2. The van der Waals surface area contributed by atoms with Crippen LogP contribution in [-0.4, -0.2) is 26.1 Å². The van der Waals surface area contributed by atoms with Crippen LogP contribution in [0.3, 0.4) is 0 Å². The zero-order valence-corrected chi connectivity index (χ0v) is 17.5. The number of aromatic amines is 1. The van der Waals surface area contributed by atoms with Gasteiger partial charge in [-0.3, -0.25) is 14.9 Å². The second kappa shape index (κ2) is 9.30. The van der Waals surface area contributed by atoms with E-state index in [1.807, 2.05) is 0 Å². The summed E-state index contributed by atoms with van der Waals surface area (Å²) in [6, 6.07) is 8.48. The van der Waals surface area contributed by atoms with E-state index < -0.39 is 23.5 Å². The summed E-state index contributed by atoms with van der Waals surface area (Å²) >= 11 is 0. The monoisotopic (exact) mass is 470 g/mol. The van der Waals surface area contributed by atoms with Crippen LogP contribution in [0, 0.1) is 5.82 Å². The number of hydrogen-bond acceptors (Lipinski definition) is 5. The maximum atomic E-state index is 14.5. The third-order valence-electron chi connectivity index (χ3n) is 5.08. The molecule has 2 heterocycles. The maximum Gasteiger partial charge on any atom is 0.417 e. The fraction of sp³-hybridized carbons (Fsp3) is 0.130. The van der Waals surface area contributed by atoms with E-state index in [-0.39, 0.29) is 28.7 Å². The molecule has 0 saturated heterocycles. The molecule has 0 fully saturated rings. The summed E-state index contributed by atoms with van der Waals surface area (Å²) in [4.78, 5) is 19.9. The van der Waals surface area contributed by atoms with Crippen molar-refractivity contribution < 1.29 is 22.4 Å². The Labute approximate surface area is 191 Å². The standard InChI is InChI=1S/C23H18F4N6O/c24-18-7-5-14(21-16(22(28)34)2-1-3-17(21)23(25,26)27)10-13(18)4-6-15-11-19(33-32-15)31-20-12-29-8-9-30-20/h1-3,5,7-12H,4,6H2,(H2,28,34)(H2,30,31,32,33). The summed E-state index contributed by atoms with van der Waals surface area (Å²) in [5.41, 5.74) is 4.45. The van der Waals surface area contributed by atoms with Gasteiger partial charge >= 0.3 is 6.18 Å². The van der Waals surface area contributed by atoms with Crippen LogP contribution < -0.4 is 11.1 Å². The number of halogens is 4. The Morgan fingerprint density at radius 1 is 1.09 bits per heavy atom. The van der Waals surface area contributed by atoms with Crippen LogP contribution >= 0.6 is 0 Å². The largest absolute Gasteiger partial charge is 0.417 e. The molecule has 0 bridgehead atoms. The summed E-state index contributed by atoms with van der Waals surface area (Å²) in [5, 5.41) is 9.93. The molecule has 0 aliphatic rings. The van der Waals surface area contributed by atoms with Gasteiger partial charge < -0.3 is 11.1 Å². The average Bonchev–Trinajstić information content (AvgIpc) is 3.25. The lowest BCUT2D eigenvalue weighted by Crippen LogP contribution is -2.16. The second-order valence-corrected chi connectivity index (χ2v) is 7.38. The Balaban J connectivity index is 1.59. The second-order valence-electron chi connectivity index (χ2n) is 7.38. The van der Waals surface area contributed by atoms with Crippen LogP contribution in [0.5, 0.6) is 0 Å². The Bertz CT molecular complexity index is 1320. The van der Waals surface area contributed by atoms with E-state index in [1.54, 1.807) is 6.07 Å². The highest BCUT2D eigenvalue weighted by atomic mass is 19.4. The molecule has 4 rings (SSSR count). The molecule has 11 heteroatoms. The van der Waals surface area contributed by atoms with E-state index in [4.69, 9.17) is 5.73 Å². The summed E-state index contributed by atoms with van der Waals surface area (Å²) in [6.45, 7) is 0. The Kier molecular flexibility index (Phi) is 6.26. The van der Waals surface area contributed by atoms with Gasteiger partial charge in [0.2, 0.25) is 5.91 Å². The van der Waals surface area contributed by atoms with Crippen molar-refractivity contribution in [1.82, 2.24) is 20.2 Å². The number of alkyl halides is 3. The molecular weight excluding hydrogens is 452 g/mol. The van der Waals surface area contributed by atoms with Crippen LogP contribution in [0.2, 0.25) is 0 Å². The van der Waals surface area contributed by atoms with E-state index in [1.165, 1.54) is 36.8 Å². The quantitative estimate of drug-likeness (QED) is 0.341. The van der Waals surface area contributed by atoms with Crippen molar-refractivity contribution in [3.63, 3.8) is 0 Å². The molecule has 2 aromatic heterocycles. The molecule has 1 amide bonds. The van der Waals surface area contributed by atoms with Crippen LogP contribution in [0.4, 0.5) is 29.2 Å². The number of H-pyrrole nitrogens is 1. The minimum Gasteiger partial charge on any atom is -0.366 e. The van der Waals surface area contributed by atoms with Crippen LogP contribution in [-0.2, 0) is 19.0 Å². The predicted molar refractivity (Wildman–Crippen MR) is 117 cm³/mol. The van der Waals surface area contributed by atoms with Gasteiger partial charge in [0.25, 0.3) is 0 Å². The number of nitrogens with zero attached hydrogens (tertiary/aromatic N) is 3. The molecule has 0 atom stereocenters. The molecule has 0 radical (unpaired) electrons. The Morgan fingerprint density at radius 2 is 1.91 bits per heavy atom. The molecule has 0 saturated carbocycles. The molecule has 0 aliphatic heterocycles. The Hall–Kier alpha value is -4.28. The number of carbonyl (C=O) groups excluding carboxylic acids is 1. The molecule has 174 valence electrons. The molecule has 4 aromatic rings. The van der Waals surface area contributed by atoms with Gasteiger partial charge in [-0.2, -0.15) is 18.3 Å². The lowest BCUT2D eigenvalue weighted by atomic mass is 9.91. The summed E-state index contributed by atoms with van der Waals surface area (Å²) in [6.07, 6.45) is 0.330. The highest BCUT2D eigenvalue weighted by Gasteiger charge is 2.35. The SMILES string of the molecule is NC(=O)c1cccc(C(F)(F)F)c1-c1ccc(F)c(CCc2cc(Nc3cnccn3)[nH]n2)c1. The summed E-state index contributed by atoms with van der Waals surface area (Å²) in [5.74, 6) is -0.533. The zero-order valence-electron chi connectivity index (χ0n) is 17.5. The minimum atomic E-state index is -4.73. The minimum absolute atomic E-state index is 0.0464. The van der Waals surface area contributed by atoms with Crippen molar-refractivity contribution >= 4 is 17.5 Å². The first-order chi connectivity index (χ1) is 16.2. The molecule has 7 nitrogen and oxygen atoms in total. The average molecular weight is 470 g/mol. The van der Waals surface area contributed by atoms with Gasteiger partial charge in [-0.15, -0.1) is 0 Å². The number of amides is 1. The van der Waals surface area contributed by atoms with E-state index in [0.29, 0.717) is 23.8 Å². The number of aromatic nitrogens is 4. The molecule has 34 heavy (non-hydrogen) atoms. The van der Waals surface area contributed by atoms with Crippen molar-refractivity contribution in [2.75, 3.05) is 5.32 Å². The first kappa shape index (κ1) is 22.9. The number of rotatable bonds is 7. The van der Waals surface area contributed by atoms with Crippen molar-refractivity contribution in [2.45, 2.75) is 19.0 Å². The summed E-state index contributed by atoms with van der Waals surface area (Å²) < 4.78 is 55.4. The van der Waals surface area contributed by atoms with E-state index in [2.05, 4.69) is 25.5 Å². The number of carbonyl (C=O) groups is 1.